The summed E-state index contributed by atoms with van der Waals surface area (Å²) in [6, 6.07) is 0. The third kappa shape index (κ3) is 5.44. The first-order valence-corrected chi connectivity index (χ1v) is 6.78. The Labute approximate surface area is 126 Å². The smallest absolute Gasteiger partial charge is 0.323 e. The zero-order chi connectivity index (χ0) is 16.3. The fourth-order valence-corrected chi connectivity index (χ4v) is 1.90. The van der Waals surface area contributed by atoms with E-state index in [4.69, 9.17) is 9.47 Å². The molecule has 0 radical (unpaired) electrons. The van der Waals surface area contributed by atoms with Gasteiger partial charge in [0.1, 0.15) is 0 Å². The molecule has 0 spiro atoms. The molecule has 0 atom stereocenters. The van der Waals surface area contributed by atoms with Gasteiger partial charge in [0, 0.05) is 0 Å². The van der Waals surface area contributed by atoms with Gasteiger partial charge in [0.25, 0.3) is 0 Å². The van der Waals surface area contributed by atoms with Crippen molar-refractivity contribution in [2.45, 2.75) is 33.1 Å². The molecule has 0 aliphatic rings. The predicted molar refractivity (Wildman–Crippen MR) is 82.6 cm³/mol. The standard InChI is InChI=1S/C17H24O4/c1-6-8-9-10-12-17(15(18)20-4,16(19)21-5)13-11-14(3)7-2/h6,8-10H,2,11-13H2,1,3-5H3/b8-6+,10-9+. The molecule has 0 saturated carbocycles. The van der Waals surface area contributed by atoms with Gasteiger partial charge in [-0.25, -0.2) is 0 Å². The lowest BCUT2D eigenvalue weighted by Gasteiger charge is -2.27. The molecule has 0 heterocycles. The molecule has 0 aromatic carbocycles. The van der Waals surface area contributed by atoms with Gasteiger partial charge in [-0.15, -0.1) is 5.73 Å². The molecule has 0 aromatic rings. The number of hydrogen-bond acceptors (Lipinski definition) is 4. The second-order valence-corrected chi connectivity index (χ2v) is 4.68. The monoisotopic (exact) mass is 292 g/mol. The van der Waals surface area contributed by atoms with Crippen LogP contribution in [-0.4, -0.2) is 26.2 Å². The number of ether oxygens (including phenoxy) is 2. The summed E-state index contributed by atoms with van der Waals surface area (Å²) in [4.78, 5) is 24.4. The highest BCUT2D eigenvalue weighted by atomic mass is 16.5. The average Bonchev–Trinajstić information content (AvgIpc) is 2.52. The minimum absolute atomic E-state index is 0.223. The summed E-state index contributed by atoms with van der Waals surface area (Å²) in [5, 5.41) is 0. The molecule has 0 aromatic heterocycles. The fourth-order valence-electron chi connectivity index (χ4n) is 1.90. The first-order valence-electron chi connectivity index (χ1n) is 6.78. The summed E-state index contributed by atoms with van der Waals surface area (Å²) in [6.07, 6.45) is 8.28. The zero-order valence-corrected chi connectivity index (χ0v) is 13.3. The lowest BCUT2D eigenvalue weighted by Crippen LogP contribution is -2.41. The molecular weight excluding hydrogens is 268 g/mol. The third-order valence-corrected chi connectivity index (χ3v) is 3.29. The van der Waals surface area contributed by atoms with Gasteiger partial charge in [-0.05, 0) is 38.7 Å². The van der Waals surface area contributed by atoms with E-state index in [1.165, 1.54) is 14.2 Å². The van der Waals surface area contributed by atoms with E-state index < -0.39 is 17.4 Å². The normalized spacial score (nSPS) is 11.4. The topological polar surface area (TPSA) is 52.6 Å². The molecule has 0 aliphatic carbocycles. The van der Waals surface area contributed by atoms with Crippen LogP contribution in [0.3, 0.4) is 0 Å². The first kappa shape index (κ1) is 18.9. The van der Waals surface area contributed by atoms with E-state index in [0.29, 0.717) is 12.8 Å². The van der Waals surface area contributed by atoms with E-state index >= 15 is 0 Å². The van der Waals surface area contributed by atoms with Crippen molar-refractivity contribution < 1.29 is 19.1 Å². The maximum absolute atomic E-state index is 12.2. The van der Waals surface area contributed by atoms with E-state index in [-0.39, 0.29) is 6.42 Å². The van der Waals surface area contributed by atoms with E-state index in [1.54, 1.807) is 12.2 Å². The highest BCUT2D eigenvalue weighted by molar-refractivity contribution is 6.00. The van der Waals surface area contributed by atoms with Crippen molar-refractivity contribution in [2.75, 3.05) is 14.2 Å². The number of allylic oxidation sites excluding steroid dienone is 5. The predicted octanol–water partition coefficient (Wildman–Crippen LogP) is 3.35. The molecule has 0 bridgehead atoms. The maximum atomic E-state index is 12.2. The molecule has 116 valence electrons. The van der Waals surface area contributed by atoms with Crippen LogP contribution in [0.15, 0.2) is 42.2 Å². The molecule has 0 rings (SSSR count). The minimum Gasteiger partial charge on any atom is -0.468 e. The van der Waals surface area contributed by atoms with Crippen molar-refractivity contribution in [3.63, 3.8) is 0 Å². The van der Waals surface area contributed by atoms with Crippen LogP contribution in [0.2, 0.25) is 0 Å². The van der Waals surface area contributed by atoms with Crippen molar-refractivity contribution >= 4 is 11.9 Å². The summed E-state index contributed by atoms with van der Waals surface area (Å²) >= 11 is 0. The zero-order valence-electron chi connectivity index (χ0n) is 13.3. The second-order valence-electron chi connectivity index (χ2n) is 4.68. The van der Waals surface area contributed by atoms with Crippen LogP contribution in [0.1, 0.15) is 33.1 Å². The molecule has 21 heavy (non-hydrogen) atoms. The summed E-state index contributed by atoms with van der Waals surface area (Å²) in [6.45, 7) is 7.29. The lowest BCUT2D eigenvalue weighted by molar-refractivity contribution is -0.169. The number of carbonyl (C=O) groups is 2. The Morgan fingerprint density at radius 3 is 2.19 bits per heavy atom. The highest BCUT2D eigenvalue weighted by Gasteiger charge is 2.46. The van der Waals surface area contributed by atoms with Crippen LogP contribution in [0, 0.1) is 5.41 Å². The SMILES string of the molecule is C=C=C(C)CCC(C/C=C/C=C/C)(C(=O)OC)C(=O)OC. The molecule has 4 nitrogen and oxygen atoms in total. The quantitative estimate of drug-likeness (QED) is 0.298. The van der Waals surface area contributed by atoms with Gasteiger partial charge in [0.05, 0.1) is 14.2 Å². The van der Waals surface area contributed by atoms with Crippen LogP contribution in [0.25, 0.3) is 0 Å². The van der Waals surface area contributed by atoms with Gasteiger partial charge in [-0.1, -0.05) is 30.9 Å². The lowest BCUT2D eigenvalue weighted by atomic mass is 9.79. The van der Waals surface area contributed by atoms with Crippen LogP contribution >= 0.6 is 0 Å². The van der Waals surface area contributed by atoms with Gasteiger partial charge >= 0.3 is 11.9 Å². The van der Waals surface area contributed by atoms with Crippen LogP contribution in [-0.2, 0) is 19.1 Å². The Morgan fingerprint density at radius 1 is 1.19 bits per heavy atom. The molecule has 0 aliphatic heterocycles. The Morgan fingerprint density at radius 2 is 1.76 bits per heavy atom. The van der Waals surface area contributed by atoms with Crippen LogP contribution in [0.4, 0.5) is 0 Å². The number of methoxy groups -OCH3 is 2. The molecule has 0 fully saturated rings. The van der Waals surface area contributed by atoms with E-state index in [9.17, 15) is 9.59 Å². The van der Waals surface area contributed by atoms with Crippen LogP contribution < -0.4 is 0 Å². The number of rotatable bonds is 8. The summed E-state index contributed by atoms with van der Waals surface area (Å²) in [5.74, 6) is -1.17. The van der Waals surface area contributed by atoms with Crippen molar-refractivity contribution in [1.82, 2.24) is 0 Å². The molecule has 0 N–H and O–H groups in total. The van der Waals surface area contributed by atoms with Gasteiger partial charge in [-0.2, -0.15) is 0 Å². The molecule has 0 amide bonds. The Hall–Kier alpha value is -2.06. The van der Waals surface area contributed by atoms with Gasteiger partial charge in [-0.3, -0.25) is 9.59 Å². The van der Waals surface area contributed by atoms with E-state index in [0.717, 1.165) is 5.57 Å². The van der Waals surface area contributed by atoms with Crippen molar-refractivity contribution in [1.29, 1.82) is 0 Å². The highest BCUT2D eigenvalue weighted by Crippen LogP contribution is 2.33. The van der Waals surface area contributed by atoms with Crippen molar-refractivity contribution in [3.05, 3.63) is 42.2 Å². The summed E-state index contributed by atoms with van der Waals surface area (Å²) in [5.41, 5.74) is 2.31. The van der Waals surface area contributed by atoms with Gasteiger partial charge in [0.15, 0.2) is 5.41 Å². The average molecular weight is 292 g/mol. The second kappa shape index (κ2) is 9.78. The van der Waals surface area contributed by atoms with E-state index in [1.807, 2.05) is 26.0 Å². The molecule has 4 heteroatoms. The van der Waals surface area contributed by atoms with Crippen molar-refractivity contribution in [3.8, 4) is 0 Å². The maximum Gasteiger partial charge on any atom is 0.323 e. The van der Waals surface area contributed by atoms with Gasteiger partial charge in [0.2, 0.25) is 0 Å². The number of hydrogen-bond donors (Lipinski definition) is 0. The van der Waals surface area contributed by atoms with Crippen LogP contribution in [0.5, 0.6) is 0 Å². The fraction of sp³-hybridized carbons (Fsp3) is 0.471. The molecule has 0 unspecified atom stereocenters. The summed E-state index contributed by atoms with van der Waals surface area (Å²) < 4.78 is 9.65. The van der Waals surface area contributed by atoms with Crippen molar-refractivity contribution in [2.24, 2.45) is 5.41 Å². The Bertz CT molecular complexity index is 449. The largest absolute Gasteiger partial charge is 0.468 e. The molecule has 0 saturated heterocycles. The summed E-state index contributed by atoms with van der Waals surface area (Å²) in [7, 11) is 2.54. The number of esters is 2. The van der Waals surface area contributed by atoms with Gasteiger partial charge < -0.3 is 9.47 Å². The molecular formula is C17H24O4. The number of carbonyl (C=O) groups excluding carboxylic acids is 2. The minimum atomic E-state index is -1.33. The van der Waals surface area contributed by atoms with E-state index in [2.05, 4.69) is 12.3 Å². The first-order chi connectivity index (χ1) is 9.98. The Balaban J connectivity index is 5.46. The third-order valence-electron chi connectivity index (χ3n) is 3.29. The Kier molecular flexibility index (Phi) is 8.82.